The van der Waals surface area contributed by atoms with E-state index in [1.54, 1.807) is 12.1 Å². The lowest BCUT2D eigenvalue weighted by molar-refractivity contribution is 0.452. The molecule has 0 aliphatic rings. The first-order valence-corrected chi connectivity index (χ1v) is 6.13. The third kappa shape index (κ3) is 3.76. The fraction of sp³-hybridized carbons (Fsp3) is 0.538. The molecule has 0 radical (unpaired) electrons. The molecule has 0 saturated heterocycles. The van der Waals surface area contributed by atoms with Gasteiger partial charge in [0, 0.05) is 12.1 Å². The molecule has 1 aromatic rings. The van der Waals surface area contributed by atoms with Gasteiger partial charge in [-0.1, -0.05) is 31.0 Å². The average Bonchev–Trinajstić information content (AvgIpc) is 2.22. The van der Waals surface area contributed by atoms with Crippen molar-refractivity contribution in [3.8, 4) is 0 Å². The second-order valence-electron chi connectivity index (χ2n) is 4.25. The van der Waals surface area contributed by atoms with E-state index in [-0.39, 0.29) is 16.9 Å². The van der Waals surface area contributed by atoms with Crippen molar-refractivity contribution in [2.45, 2.75) is 45.7 Å². The minimum atomic E-state index is -0.362. The molecule has 0 spiro atoms. The van der Waals surface area contributed by atoms with E-state index in [2.05, 4.69) is 26.1 Å². The molecule has 90 valence electrons. The second-order valence-corrected chi connectivity index (χ2v) is 4.66. The van der Waals surface area contributed by atoms with Crippen LogP contribution in [0.2, 0.25) is 5.02 Å². The smallest absolute Gasteiger partial charge is 0.141 e. The highest BCUT2D eigenvalue weighted by Crippen LogP contribution is 2.21. The Morgan fingerprint density at radius 1 is 1.38 bits per heavy atom. The van der Waals surface area contributed by atoms with Crippen LogP contribution in [0.3, 0.4) is 0 Å². The third-order valence-corrected chi connectivity index (χ3v) is 2.99. The maximum Gasteiger partial charge on any atom is 0.141 e. The summed E-state index contributed by atoms with van der Waals surface area (Å²) in [6.07, 6.45) is 2.30. The van der Waals surface area contributed by atoms with Crippen LogP contribution in [0.15, 0.2) is 18.2 Å². The van der Waals surface area contributed by atoms with Gasteiger partial charge in [0.2, 0.25) is 0 Å². The highest BCUT2D eigenvalue weighted by atomic mass is 35.5. The molecular formula is C13H19ClFN. The lowest BCUT2D eigenvalue weighted by Crippen LogP contribution is -2.28. The summed E-state index contributed by atoms with van der Waals surface area (Å²) in [6, 6.07) is 5.54. The molecule has 16 heavy (non-hydrogen) atoms. The normalized spacial score (nSPS) is 14.8. The summed E-state index contributed by atoms with van der Waals surface area (Å²) < 4.78 is 13.0. The molecule has 1 N–H and O–H groups in total. The van der Waals surface area contributed by atoms with Crippen LogP contribution < -0.4 is 5.32 Å². The van der Waals surface area contributed by atoms with E-state index in [4.69, 9.17) is 11.6 Å². The van der Waals surface area contributed by atoms with E-state index in [0.717, 1.165) is 18.4 Å². The van der Waals surface area contributed by atoms with Gasteiger partial charge in [0.25, 0.3) is 0 Å². The molecule has 1 nitrogen and oxygen atoms in total. The second kappa shape index (κ2) is 6.21. The van der Waals surface area contributed by atoms with Gasteiger partial charge >= 0.3 is 0 Å². The number of hydrogen-bond donors (Lipinski definition) is 1. The van der Waals surface area contributed by atoms with Gasteiger partial charge in [0.15, 0.2) is 0 Å². The number of nitrogens with one attached hydrogen (secondary N) is 1. The van der Waals surface area contributed by atoms with Gasteiger partial charge in [-0.15, -0.1) is 0 Å². The molecule has 0 bridgehead atoms. The zero-order valence-electron chi connectivity index (χ0n) is 10.1. The SMILES string of the molecule is CCCC(C)NC(C)c1ccc(F)c(Cl)c1. The van der Waals surface area contributed by atoms with Crippen LogP contribution in [0.25, 0.3) is 0 Å². The Morgan fingerprint density at radius 3 is 2.62 bits per heavy atom. The molecule has 0 aliphatic heterocycles. The predicted octanol–water partition coefficient (Wildman–Crippen LogP) is 4.32. The van der Waals surface area contributed by atoms with Crippen LogP contribution in [-0.2, 0) is 0 Å². The van der Waals surface area contributed by atoms with Gasteiger partial charge in [0.1, 0.15) is 5.82 Å². The minimum absolute atomic E-state index is 0.189. The molecule has 2 atom stereocenters. The first-order chi connectivity index (χ1) is 7.54. The maximum absolute atomic E-state index is 13.0. The Hall–Kier alpha value is -0.600. The lowest BCUT2D eigenvalue weighted by atomic mass is 10.1. The van der Waals surface area contributed by atoms with E-state index in [0.29, 0.717) is 6.04 Å². The molecule has 1 aromatic carbocycles. The Morgan fingerprint density at radius 2 is 2.06 bits per heavy atom. The first-order valence-electron chi connectivity index (χ1n) is 5.75. The van der Waals surface area contributed by atoms with Gasteiger partial charge in [-0.05, 0) is 38.0 Å². The fourth-order valence-corrected chi connectivity index (χ4v) is 2.01. The van der Waals surface area contributed by atoms with Crippen molar-refractivity contribution in [2.24, 2.45) is 0 Å². The van der Waals surface area contributed by atoms with Crippen LogP contribution in [0, 0.1) is 5.82 Å². The first kappa shape index (κ1) is 13.5. The summed E-state index contributed by atoms with van der Waals surface area (Å²) in [4.78, 5) is 0. The predicted molar refractivity (Wildman–Crippen MR) is 67.3 cm³/mol. The zero-order valence-corrected chi connectivity index (χ0v) is 10.8. The Kier molecular flexibility index (Phi) is 5.23. The van der Waals surface area contributed by atoms with Crippen LogP contribution >= 0.6 is 11.6 Å². The number of benzene rings is 1. The number of halogens is 2. The molecule has 0 saturated carbocycles. The summed E-state index contributed by atoms with van der Waals surface area (Å²) in [6.45, 7) is 6.39. The Labute approximate surface area is 102 Å². The van der Waals surface area contributed by atoms with E-state index in [1.807, 2.05) is 0 Å². The summed E-state index contributed by atoms with van der Waals surface area (Å²) in [5.41, 5.74) is 1.02. The summed E-state index contributed by atoms with van der Waals surface area (Å²) in [5, 5.41) is 3.65. The fourth-order valence-electron chi connectivity index (χ4n) is 1.82. The van der Waals surface area contributed by atoms with E-state index < -0.39 is 0 Å². The molecule has 0 fully saturated rings. The highest BCUT2D eigenvalue weighted by Gasteiger charge is 2.10. The summed E-state index contributed by atoms with van der Waals surface area (Å²) in [5.74, 6) is -0.362. The van der Waals surface area contributed by atoms with Crippen LogP contribution in [0.1, 0.15) is 45.2 Å². The quantitative estimate of drug-likeness (QED) is 0.812. The maximum atomic E-state index is 13.0. The summed E-state index contributed by atoms with van der Waals surface area (Å²) >= 11 is 5.75. The van der Waals surface area contributed by atoms with Crippen LogP contribution in [0.5, 0.6) is 0 Å². The number of rotatable bonds is 5. The molecule has 1 rings (SSSR count). The molecule has 0 amide bonds. The van der Waals surface area contributed by atoms with Crippen molar-refractivity contribution in [1.29, 1.82) is 0 Å². The third-order valence-electron chi connectivity index (χ3n) is 2.70. The molecule has 3 heteroatoms. The van der Waals surface area contributed by atoms with Crippen molar-refractivity contribution < 1.29 is 4.39 Å². The van der Waals surface area contributed by atoms with Gasteiger partial charge in [-0.25, -0.2) is 4.39 Å². The molecular weight excluding hydrogens is 225 g/mol. The van der Waals surface area contributed by atoms with Crippen molar-refractivity contribution in [1.82, 2.24) is 5.32 Å². The van der Waals surface area contributed by atoms with Gasteiger partial charge in [-0.2, -0.15) is 0 Å². The summed E-state index contributed by atoms with van der Waals surface area (Å²) in [7, 11) is 0. The Bertz CT molecular complexity index is 341. The van der Waals surface area contributed by atoms with Crippen molar-refractivity contribution >= 4 is 11.6 Å². The van der Waals surface area contributed by atoms with Crippen molar-refractivity contribution in [2.75, 3.05) is 0 Å². The van der Waals surface area contributed by atoms with E-state index in [1.165, 1.54) is 6.07 Å². The average molecular weight is 244 g/mol. The monoisotopic (exact) mass is 243 g/mol. The topological polar surface area (TPSA) is 12.0 Å². The van der Waals surface area contributed by atoms with Crippen LogP contribution in [-0.4, -0.2) is 6.04 Å². The number of hydrogen-bond acceptors (Lipinski definition) is 1. The largest absolute Gasteiger partial charge is 0.308 e. The van der Waals surface area contributed by atoms with E-state index >= 15 is 0 Å². The minimum Gasteiger partial charge on any atom is -0.308 e. The molecule has 0 aliphatic carbocycles. The standard InChI is InChI=1S/C13H19ClFN/c1-4-5-9(2)16-10(3)11-6-7-13(15)12(14)8-11/h6-10,16H,4-5H2,1-3H3. The van der Waals surface area contributed by atoms with Gasteiger partial charge < -0.3 is 5.32 Å². The zero-order chi connectivity index (χ0) is 12.1. The Balaban J connectivity index is 2.65. The molecule has 0 aromatic heterocycles. The van der Waals surface area contributed by atoms with Crippen molar-refractivity contribution in [3.63, 3.8) is 0 Å². The van der Waals surface area contributed by atoms with Gasteiger partial charge in [-0.3, -0.25) is 0 Å². The lowest BCUT2D eigenvalue weighted by Gasteiger charge is -2.20. The molecule has 2 unspecified atom stereocenters. The van der Waals surface area contributed by atoms with Crippen LogP contribution in [0.4, 0.5) is 4.39 Å². The van der Waals surface area contributed by atoms with Gasteiger partial charge in [0.05, 0.1) is 5.02 Å². The molecule has 0 heterocycles. The van der Waals surface area contributed by atoms with E-state index in [9.17, 15) is 4.39 Å². The van der Waals surface area contributed by atoms with Crippen molar-refractivity contribution in [3.05, 3.63) is 34.6 Å². The highest BCUT2D eigenvalue weighted by molar-refractivity contribution is 6.30.